The number of benzene rings is 3. The van der Waals surface area contributed by atoms with Gasteiger partial charge in [0.15, 0.2) is 0 Å². The smallest absolute Gasteiger partial charge is 0.264 e. The number of likely N-dealkylation sites (N-methyl/N-ethyl adjacent to an activating group) is 1. The lowest BCUT2D eigenvalue weighted by atomic mass is 10.1. The van der Waals surface area contributed by atoms with Crippen LogP contribution >= 0.6 is 23.2 Å². The number of hydrogen-bond donors (Lipinski definition) is 1. The standard InChI is InChI=1S/C28H31Cl2N3O4S/c1-4-26(28(35)31-5-2)32(18-21-9-6-8-20(3)16-21)27(34)19-33(24-11-7-10-23(30)17-24)38(36,37)25-14-12-22(29)13-15-25/h6-17,26H,4-5,18-19H2,1-3H3,(H,31,35)/t26-/m1/s1. The SMILES string of the molecule is CCNC(=O)[C@@H](CC)N(Cc1cccc(C)c1)C(=O)CN(c1cccc(Cl)c1)S(=O)(=O)c1ccc(Cl)cc1. The Bertz CT molecular complexity index is 1380. The number of hydrogen-bond acceptors (Lipinski definition) is 4. The Morgan fingerprint density at radius 3 is 2.21 bits per heavy atom. The fraction of sp³-hybridized carbons (Fsp3) is 0.286. The van der Waals surface area contributed by atoms with Crippen LogP contribution in [0.25, 0.3) is 0 Å². The second-order valence-corrected chi connectivity index (χ2v) is 11.5. The Morgan fingerprint density at radius 1 is 0.921 bits per heavy atom. The van der Waals surface area contributed by atoms with Crippen LogP contribution in [0.4, 0.5) is 5.69 Å². The third kappa shape index (κ3) is 7.28. The molecule has 0 saturated carbocycles. The Morgan fingerprint density at radius 2 is 1.61 bits per heavy atom. The zero-order valence-corrected chi connectivity index (χ0v) is 23.9. The van der Waals surface area contributed by atoms with E-state index in [-0.39, 0.29) is 23.0 Å². The molecule has 0 radical (unpaired) electrons. The number of carbonyl (C=O) groups excluding carboxylic acids is 2. The van der Waals surface area contributed by atoms with Gasteiger partial charge >= 0.3 is 0 Å². The summed E-state index contributed by atoms with van der Waals surface area (Å²) in [7, 11) is -4.19. The van der Waals surface area contributed by atoms with Gasteiger partial charge in [-0.3, -0.25) is 13.9 Å². The second-order valence-electron chi connectivity index (χ2n) is 8.77. The highest BCUT2D eigenvalue weighted by Gasteiger charge is 2.33. The van der Waals surface area contributed by atoms with Crippen LogP contribution in [0.1, 0.15) is 31.4 Å². The van der Waals surface area contributed by atoms with Crippen LogP contribution in [0, 0.1) is 6.92 Å². The fourth-order valence-corrected chi connectivity index (χ4v) is 5.83. The number of sulfonamides is 1. The maximum absolute atomic E-state index is 13.9. The minimum atomic E-state index is -4.19. The van der Waals surface area contributed by atoms with Gasteiger partial charge in [0.05, 0.1) is 10.6 Å². The van der Waals surface area contributed by atoms with Crippen molar-refractivity contribution in [3.8, 4) is 0 Å². The van der Waals surface area contributed by atoms with E-state index in [1.54, 1.807) is 25.1 Å². The van der Waals surface area contributed by atoms with Gasteiger partial charge in [-0.25, -0.2) is 8.42 Å². The number of nitrogens with one attached hydrogen (secondary N) is 1. The second kappa shape index (κ2) is 13.1. The first kappa shape index (κ1) is 29.5. The van der Waals surface area contributed by atoms with Gasteiger partial charge in [-0.15, -0.1) is 0 Å². The number of amides is 2. The van der Waals surface area contributed by atoms with E-state index in [0.29, 0.717) is 23.0 Å². The van der Waals surface area contributed by atoms with E-state index >= 15 is 0 Å². The van der Waals surface area contributed by atoms with Gasteiger partial charge in [0.1, 0.15) is 12.6 Å². The van der Waals surface area contributed by atoms with E-state index in [1.807, 2.05) is 38.1 Å². The summed E-state index contributed by atoms with van der Waals surface area (Å²) >= 11 is 12.2. The number of halogens is 2. The summed E-state index contributed by atoms with van der Waals surface area (Å²) in [5, 5.41) is 3.49. The van der Waals surface area contributed by atoms with Crippen molar-refractivity contribution in [2.75, 3.05) is 17.4 Å². The lowest BCUT2D eigenvalue weighted by Crippen LogP contribution is -2.52. The zero-order chi connectivity index (χ0) is 27.9. The molecule has 0 spiro atoms. The molecule has 2 amide bonds. The maximum atomic E-state index is 13.9. The Balaban J connectivity index is 2.06. The predicted molar refractivity (Wildman–Crippen MR) is 152 cm³/mol. The molecular weight excluding hydrogens is 545 g/mol. The molecule has 7 nitrogen and oxygen atoms in total. The minimum Gasteiger partial charge on any atom is -0.355 e. The minimum absolute atomic E-state index is 0.0318. The molecule has 1 atom stereocenters. The number of rotatable bonds is 11. The lowest BCUT2D eigenvalue weighted by Gasteiger charge is -2.33. The summed E-state index contributed by atoms with van der Waals surface area (Å²) in [6.07, 6.45) is 0.352. The van der Waals surface area contributed by atoms with E-state index in [2.05, 4.69) is 5.32 Å². The van der Waals surface area contributed by atoms with Gasteiger partial charge in [-0.2, -0.15) is 0 Å². The van der Waals surface area contributed by atoms with Crippen LogP contribution in [0.2, 0.25) is 10.0 Å². The van der Waals surface area contributed by atoms with Crippen LogP contribution in [0.5, 0.6) is 0 Å². The summed E-state index contributed by atoms with van der Waals surface area (Å²) in [5.41, 5.74) is 2.06. The molecule has 202 valence electrons. The van der Waals surface area contributed by atoms with Crippen LogP contribution in [-0.2, 0) is 26.2 Å². The van der Waals surface area contributed by atoms with Gasteiger partial charge in [0.2, 0.25) is 11.8 Å². The molecular formula is C28H31Cl2N3O4S. The maximum Gasteiger partial charge on any atom is 0.264 e. The van der Waals surface area contributed by atoms with Crippen molar-refractivity contribution >= 4 is 50.7 Å². The monoisotopic (exact) mass is 575 g/mol. The molecule has 0 unspecified atom stereocenters. The largest absolute Gasteiger partial charge is 0.355 e. The van der Waals surface area contributed by atoms with Crippen LogP contribution in [-0.4, -0.2) is 44.3 Å². The molecule has 38 heavy (non-hydrogen) atoms. The summed E-state index contributed by atoms with van der Waals surface area (Å²) in [6, 6.07) is 18.8. The highest BCUT2D eigenvalue weighted by molar-refractivity contribution is 7.92. The van der Waals surface area contributed by atoms with E-state index in [9.17, 15) is 18.0 Å². The van der Waals surface area contributed by atoms with Gasteiger partial charge in [0.25, 0.3) is 10.0 Å². The van der Waals surface area contributed by atoms with Crippen molar-refractivity contribution in [2.45, 2.75) is 44.7 Å². The molecule has 3 aromatic carbocycles. The number of anilines is 1. The highest BCUT2D eigenvalue weighted by atomic mass is 35.5. The molecule has 0 bridgehead atoms. The van der Waals surface area contributed by atoms with Crippen molar-refractivity contribution in [1.29, 1.82) is 0 Å². The molecule has 3 rings (SSSR count). The van der Waals surface area contributed by atoms with E-state index in [1.165, 1.54) is 35.2 Å². The third-order valence-corrected chi connectivity index (χ3v) is 8.22. The molecule has 0 aliphatic carbocycles. The molecule has 0 heterocycles. The molecule has 0 aromatic heterocycles. The summed E-state index contributed by atoms with van der Waals surface area (Å²) in [6.45, 7) is 5.57. The van der Waals surface area contributed by atoms with Gasteiger partial charge < -0.3 is 10.2 Å². The Hall–Kier alpha value is -3.07. The number of carbonyl (C=O) groups is 2. The molecule has 0 saturated heterocycles. The average molecular weight is 577 g/mol. The average Bonchev–Trinajstić information content (AvgIpc) is 2.87. The van der Waals surface area contributed by atoms with E-state index < -0.39 is 28.5 Å². The summed E-state index contributed by atoms with van der Waals surface area (Å²) in [5.74, 6) is -0.826. The first-order chi connectivity index (χ1) is 18.1. The molecule has 0 fully saturated rings. The lowest BCUT2D eigenvalue weighted by molar-refractivity contribution is -0.140. The molecule has 10 heteroatoms. The highest BCUT2D eigenvalue weighted by Crippen LogP contribution is 2.27. The van der Waals surface area contributed by atoms with Crippen molar-refractivity contribution in [2.24, 2.45) is 0 Å². The first-order valence-corrected chi connectivity index (χ1v) is 14.4. The number of aryl methyl sites for hydroxylation is 1. The van der Waals surface area contributed by atoms with Crippen LogP contribution < -0.4 is 9.62 Å². The van der Waals surface area contributed by atoms with E-state index in [0.717, 1.165) is 15.4 Å². The van der Waals surface area contributed by atoms with E-state index in [4.69, 9.17) is 23.2 Å². The van der Waals surface area contributed by atoms with Gasteiger partial charge in [-0.1, -0.05) is 66.0 Å². The molecule has 0 aliphatic rings. The summed E-state index contributed by atoms with van der Waals surface area (Å²) < 4.78 is 28.6. The van der Waals surface area contributed by atoms with Crippen molar-refractivity contribution in [1.82, 2.24) is 10.2 Å². The number of nitrogens with zero attached hydrogens (tertiary/aromatic N) is 2. The Kier molecular flexibility index (Phi) is 10.2. The zero-order valence-electron chi connectivity index (χ0n) is 21.5. The van der Waals surface area contributed by atoms with Crippen LogP contribution in [0.3, 0.4) is 0 Å². The fourth-order valence-electron chi connectivity index (χ4n) is 4.11. The quantitative estimate of drug-likeness (QED) is 0.330. The van der Waals surface area contributed by atoms with Crippen molar-refractivity contribution in [3.05, 3.63) is 94.0 Å². The molecule has 1 N–H and O–H groups in total. The van der Waals surface area contributed by atoms with Gasteiger partial charge in [-0.05, 0) is 68.3 Å². The normalized spacial score (nSPS) is 12.0. The predicted octanol–water partition coefficient (Wildman–Crippen LogP) is 5.44. The molecule has 3 aromatic rings. The summed E-state index contributed by atoms with van der Waals surface area (Å²) in [4.78, 5) is 28.3. The van der Waals surface area contributed by atoms with Crippen LogP contribution in [0.15, 0.2) is 77.7 Å². The third-order valence-electron chi connectivity index (χ3n) is 5.95. The topological polar surface area (TPSA) is 86.8 Å². The van der Waals surface area contributed by atoms with Crippen molar-refractivity contribution < 1.29 is 18.0 Å². The van der Waals surface area contributed by atoms with Crippen molar-refractivity contribution in [3.63, 3.8) is 0 Å². The van der Waals surface area contributed by atoms with Gasteiger partial charge in [0, 0.05) is 23.1 Å². The first-order valence-electron chi connectivity index (χ1n) is 12.2. The molecule has 0 aliphatic heterocycles. The Labute approximate surface area is 234 Å².